The van der Waals surface area contributed by atoms with Crippen LogP contribution in [0, 0.1) is 5.82 Å². The molecule has 0 aliphatic heterocycles. The summed E-state index contributed by atoms with van der Waals surface area (Å²) in [4.78, 5) is -0.346. The predicted octanol–water partition coefficient (Wildman–Crippen LogP) is 5.59. The molecule has 26 heavy (non-hydrogen) atoms. The number of rotatable bonds is 4. The van der Waals surface area contributed by atoms with Crippen LogP contribution < -0.4 is 0 Å². The Kier molecular flexibility index (Phi) is 5.37. The molecule has 0 aliphatic rings. The molecular formula is C19H13BrClFO3S. The van der Waals surface area contributed by atoms with Gasteiger partial charge in [-0.05, 0) is 35.4 Å². The van der Waals surface area contributed by atoms with E-state index in [2.05, 4.69) is 15.9 Å². The Bertz CT molecular complexity index is 1070. The molecule has 0 aromatic heterocycles. The minimum atomic E-state index is -4.01. The molecule has 0 fully saturated rings. The Morgan fingerprint density at radius 3 is 2.38 bits per heavy atom. The van der Waals surface area contributed by atoms with E-state index in [0.717, 1.165) is 5.56 Å². The summed E-state index contributed by atoms with van der Waals surface area (Å²) in [5.41, 5.74) is 1.56. The third-order valence-electron chi connectivity index (χ3n) is 3.83. The molecule has 0 amide bonds. The molecule has 7 heteroatoms. The fraction of sp³-hybridized carbons (Fsp3) is 0.0526. The van der Waals surface area contributed by atoms with Crippen LogP contribution >= 0.6 is 27.5 Å². The van der Waals surface area contributed by atoms with Gasteiger partial charge in [-0.25, -0.2) is 12.8 Å². The van der Waals surface area contributed by atoms with Crippen LogP contribution in [0.25, 0.3) is 11.1 Å². The first-order chi connectivity index (χ1) is 12.3. The van der Waals surface area contributed by atoms with E-state index in [1.807, 2.05) is 30.3 Å². The maximum absolute atomic E-state index is 14.2. The molecule has 3 aromatic rings. The Hall–Kier alpha value is -1.89. The first-order valence-corrected chi connectivity index (χ1v) is 10.3. The quantitative estimate of drug-likeness (QED) is 0.558. The van der Waals surface area contributed by atoms with E-state index in [1.165, 1.54) is 24.3 Å². The van der Waals surface area contributed by atoms with Gasteiger partial charge in [-0.2, -0.15) is 0 Å². The summed E-state index contributed by atoms with van der Waals surface area (Å²) in [6.07, 6.45) is 0. The number of benzene rings is 3. The lowest BCUT2D eigenvalue weighted by Gasteiger charge is -2.11. The molecule has 1 N–H and O–H groups in total. The van der Waals surface area contributed by atoms with Crippen LogP contribution in [0.2, 0.25) is 5.02 Å². The van der Waals surface area contributed by atoms with Crippen molar-refractivity contribution in [1.29, 1.82) is 0 Å². The van der Waals surface area contributed by atoms with Gasteiger partial charge in [-0.1, -0.05) is 63.9 Å². The van der Waals surface area contributed by atoms with E-state index in [1.54, 1.807) is 6.07 Å². The highest BCUT2D eigenvalue weighted by Crippen LogP contribution is 2.36. The Labute approximate surface area is 164 Å². The van der Waals surface area contributed by atoms with E-state index < -0.39 is 27.2 Å². The lowest BCUT2D eigenvalue weighted by Crippen LogP contribution is -2.07. The zero-order valence-corrected chi connectivity index (χ0v) is 16.4. The largest absolute Gasteiger partial charge is 0.505 e. The van der Waals surface area contributed by atoms with E-state index in [0.29, 0.717) is 10.0 Å². The molecule has 0 bridgehead atoms. The highest BCUT2D eigenvalue weighted by molar-refractivity contribution is 9.10. The monoisotopic (exact) mass is 454 g/mol. The summed E-state index contributed by atoms with van der Waals surface area (Å²) >= 11 is 8.99. The summed E-state index contributed by atoms with van der Waals surface area (Å²) in [6.45, 7) is 0. The van der Waals surface area contributed by atoms with Gasteiger partial charge in [-0.15, -0.1) is 0 Å². The molecule has 3 nitrogen and oxygen atoms in total. The van der Waals surface area contributed by atoms with Gasteiger partial charge < -0.3 is 5.11 Å². The van der Waals surface area contributed by atoms with Crippen LogP contribution in [0.4, 0.5) is 4.39 Å². The minimum absolute atomic E-state index is 0.0156. The van der Waals surface area contributed by atoms with Gasteiger partial charge in [0.05, 0.1) is 10.8 Å². The van der Waals surface area contributed by atoms with Crippen molar-refractivity contribution in [3.8, 4) is 16.9 Å². The SMILES string of the molecule is O=S(=O)(Cc1cc(-c2ccccc2)ccc1F)c1cc(Br)cc(Cl)c1O. The van der Waals surface area contributed by atoms with Crippen molar-refractivity contribution in [2.45, 2.75) is 10.6 Å². The predicted molar refractivity (Wildman–Crippen MR) is 104 cm³/mol. The zero-order chi connectivity index (χ0) is 18.9. The summed E-state index contributed by atoms with van der Waals surface area (Å²) in [7, 11) is -4.01. The second-order valence-corrected chi connectivity index (χ2v) is 8.95. The van der Waals surface area contributed by atoms with Crippen molar-refractivity contribution in [3.05, 3.63) is 81.5 Å². The molecule has 3 rings (SSSR count). The first-order valence-electron chi connectivity index (χ1n) is 7.52. The number of hydrogen-bond acceptors (Lipinski definition) is 3. The maximum atomic E-state index is 14.2. The van der Waals surface area contributed by atoms with Gasteiger partial charge in [0.2, 0.25) is 0 Å². The zero-order valence-electron chi connectivity index (χ0n) is 13.3. The van der Waals surface area contributed by atoms with E-state index in [4.69, 9.17) is 11.6 Å². The lowest BCUT2D eigenvalue weighted by molar-refractivity contribution is 0.458. The van der Waals surface area contributed by atoms with E-state index >= 15 is 0 Å². The molecule has 0 saturated heterocycles. The molecule has 0 radical (unpaired) electrons. The van der Waals surface area contributed by atoms with Crippen molar-refractivity contribution in [3.63, 3.8) is 0 Å². The number of halogens is 3. The minimum Gasteiger partial charge on any atom is -0.505 e. The molecule has 0 aliphatic carbocycles. The Morgan fingerprint density at radius 1 is 1.00 bits per heavy atom. The van der Waals surface area contributed by atoms with Crippen LogP contribution in [0.3, 0.4) is 0 Å². The van der Waals surface area contributed by atoms with E-state index in [9.17, 15) is 17.9 Å². The Balaban J connectivity index is 2.03. The van der Waals surface area contributed by atoms with Crippen molar-refractivity contribution in [1.82, 2.24) is 0 Å². The summed E-state index contributed by atoms with van der Waals surface area (Å²) in [6, 6.07) is 16.2. The molecule has 134 valence electrons. The average molecular weight is 456 g/mol. The van der Waals surface area contributed by atoms with Crippen molar-refractivity contribution >= 4 is 37.4 Å². The van der Waals surface area contributed by atoms with Gasteiger partial charge in [0.25, 0.3) is 0 Å². The fourth-order valence-corrected chi connectivity index (χ4v) is 5.07. The summed E-state index contributed by atoms with van der Waals surface area (Å²) in [5, 5.41) is 9.91. The molecule has 0 atom stereocenters. The van der Waals surface area contributed by atoms with Gasteiger partial charge in [0, 0.05) is 10.0 Å². The van der Waals surface area contributed by atoms with Crippen LogP contribution in [0.1, 0.15) is 5.56 Å². The highest BCUT2D eigenvalue weighted by atomic mass is 79.9. The summed E-state index contributed by atoms with van der Waals surface area (Å²) < 4.78 is 40.1. The molecule has 0 spiro atoms. The average Bonchev–Trinajstić information content (AvgIpc) is 2.60. The van der Waals surface area contributed by atoms with Crippen LogP contribution in [0.5, 0.6) is 5.75 Å². The number of phenols is 1. The molecular weight excluding hydrogens is 443 g/mol. The molecule has 0 saturated carbocycles. The number of aromatic hydroxyl groups is 1. The molecule has 0 heterocycles. The smallest absolute Gasteiger partial charge is 0.186 e. The topological polar surface area (TPSA) is 54.4 Å². The van der Waals surface area contributed by atoms with E-state index in [-0.39, 0.29) is 15.5 Å². The maximum Gasteiger partial charge on any atom is 0.186 e. The van der Waals surface area contributed by atoms with Crippen LogP contribution in [-0.2, 0) is 15.6 Å². The molecule has 0 unspecified atom stereocenters. The standard InChI is InChI=1S/C19H13BrClFO3S/c20-15-9-16(21)19(23)18(10-15)26(24,25)11-14-8-13(6-7-17(14)22)12-4-2-1-3-5-12/h1-10,23H,11H2. The van der Waals surface area contributed by atoms with Crippen molar-refractivity contribution in [2.75, 3.05) is 0 Å². The first kappa shape index (κ1) is 18.9. The normalized spacial score (nSPS) is 11.5. The second kappa shape index (κ2) is 7.39. The molecule has 3 aromatic carbocycles. The third-order valence-corrected chi connectivity index (χ3v) is 6.24. The van der Waals surface area contributed by atoms with Gasteiger partial charge in [0.1, 0.15) is 10.7 Å². The number of sulfone groups is 1. The lowest BCUT2D eigenvalue weighted by atomic mass is 10.0. The highest BCUT2D eigenvalue weighted by Gasteiger charge is 2.24. The summed E-state index contributed by atoms with van der Waals surface area (Å²) in [5.74, 6) is -1.77. The Morgan fingerprint density at radius 2 is 1.69 bits per heavy atom. The van der Waals surface area contributed by atoms with Crippen molar-refractivity contribution < 1.29 is 17.9 Å². The van der Waals surface area contributed by atoms with Crippen LogP contribution in [0.15, 0.2) is 70.0 Å². The third kappa shape index (κ3) is 3.92. The van der Waals surface area contributed by atoms with Gasteiger partial charge in [0.15, 0.2) is 15.6 Å². The van der Waals surface area contributed by atoms with Gasteiger partial charge in [-0.3, -0.25) is 0 Å². The van der Waals surface area contributed by atoms with Crippen molar-refractivity contribution in [2.24, 2.45) is 0 Å². The number of phenolic OH excluding ortho intramolecular Hbond substituents is 1. The van der Waals surface area contributed by atoms with Gasteiger partial charge >= 0.3 is 0 Å². The number of hydrogen-bond donors (Lipinski definition) is 1. The fourth-order valence-electron chi connectivity index (χ4n) is 2.56. The van der Waals surface area contributed by atoms with Crippen LogP contribution in [-0.4, -0.2) is 13.5 Å². The second-order valence-electron chi connectivity index (χ2n) is 5.67.